The standard InChI is InChI=1S/C28H35N3O5/c1-28(2,3)36-27(32)30-15-13-19(14-16-30)24-18-25(23-12-11-22(34-5)17-26(23)35-6)31(29-24)20-7-9-21(33-4)10-8-20/h7-12,17-19H,13-16H2,1-6H3. The predicted octanol–water partition coefficient (Wildman–Crippen LogP) is 5.68. The van der Waals surface area contributed by atoms with Crippen molar-refractivity contribution in [1.82, 2.24) is 14.7 Å². The number of methoxy groups -OCH3 is 3. The topological polar surface area (TPSA) is 75.1 Å². The quantitative estimate of drug-likeness (QED) is 0.440. The van der Waals surface area contributed by atoms with E-state index < -0.39 is 5.60 Å². The summed E-state index contributed by atoms with van der Waals surface area (Å²) in [7, 11) is 4.94. The zero-order valence-corrected chi connectivity index (χ0v) is 21.9. The smallest absolute Gasteiger partial charge is 0.410 e. The van der Waals surface area contributed by atoms with Crippen molar-refractivity contribution in [2.45, 2.75) is 45.1 Å². The Morgan fingerprint density at radius 2 is 1.53 bits per heavy atom. The fraction of sp³-hybridized carbons (Fsp3) is 0.429. The van der Waals surface area contributed by atoms with Crippen molar-refractivity contribution >= 4 is 6.09 Å². The van der Waals surface area contributed by atoms with Gasteiger partial charge in [-0.3, -0.25) is 0 Å². The molecule has 0 saturated carbocycles. The summed E-state index contributed by atoms with van der Waals surface area (Å²) in [6.07, 6.45) is 1.38. The molecule has 0 unspecified atom stereocenters. The van der Waals surface area contributed by atoms with E-state index in [9.17, 15) is 4.79 Å². The van der Waals surface area contributed by atoms with E-state index in [1.165, 1.54) is 0 Å². The Balaban J connectivity index is 1.66. The summed E-state index contributed by atoms with van der Waals surface area (Å²) in [5.74, 6) is 2.44. The number of likely N-dealkylation sites (tertiary alicyclic amines) is 1. The number of piperidine rings is 1. The third kappa shape index (κ3) is 5.58. The van der Waals surface area contributed by atoms with Crippen LogP contribution in [0.1, 0.15) is 45.2 Å². The van der Waals surface area contributed by atoms with Gasteiger partial charge in [0.2, 0.25) is 0 Å². The molecule has 1 fully saturated rings. The molecule has 1 aliphatic heterocycles. The molecule has 36 heavy (non-hydrogen) atoms. The summed E-state index contributed by atoms with van der Waals surface area (Å²) in [5.41, 5.74) is 3.24. The number of rotatable bonds is 6. The number of carbonyl (C=O) groups is 1. The molecular formula is C28H35N3O5. The van der Waals surface area contributed by atoms with Crippen LogP contribution in [0.5, 0.6) is 17.2 Å². The van der Waals surface area contributed by atoms with Gasteiger partial charge < -0.3 is 23.8 Å². The highest BCUT2D eigenvalue weighted by Crippen LogP contribution is 2.38. The molecule has 1 amide bonds. The minimum Gasteiger partial charge on any atom is -0.497 e. The molecule has 0 bridgehead atoms. The van der Waals surface area contributed by atoms with Gasteiger partial charge in [0.25, 0.3) is 0 Å². The van der Waals surface area contributed by atoms with Gasteiger partial charge in [-0.1, -0.05) is 0 Å². The Morgan fingerprint density at radius 1 is 0.889 bits per heavy atom. The van der Waals surface area contributed by atoms with Crippen LogP contribution in [0.3, 0.4) is 0 Å². The van der Waals surface area contributed by atoms with Crippen molar-refractivity contribution in [3.8, 4) is 34.2 Å². The fourth-order valence-electron chi connectivity index (χ4n) is 4.41. The molecule has 0 atom stereocenters. The summed E-state index contributed by atoms with van der Waals surface area (Å²) in [6.45, 7) is 6.93. The van der Waals surface area contributed by atoms with Crippen LogP contribution in [-0.4, -0.2) is 60.8 Å². The van der Waals surface area contributed by atoms with Gasteiger partial charge in [-0.2, -0.15) is 5.10 Å². The number of benzene rings is 2. The number of aromatic nitrogens is 2. The molecular weight excluding hydrogens is 458 g/mol. The van der Waals surface area contributed by atoms with E-state index in [1.54, 1.807) is 26.2 Å². The number of hydrogen-bond donors (Lipinski definition) is 0. The van der Waals surface area contributed by atoms with Gasteiger partial charge >= 0.3 is 6.09 Å². The van der Waals surface area contributed by atoms with Crippen LogP contribution in [0.4, 0.5) is 4.79 Å². The molecule has 4 rings (SSSR count). The molecule has 2 heterocycles. The van der Waals surface area contributed by atoms with Gasteiger partial charge in [0.05, 0.1) is 38.4 Å². The zero-order chi connectivity index (χ0) is 25.9. The maximum atomic E-state index is 12.5. The van der Waals surface area contributed by atoms with Crippen LogP contribution in [0, 0.1) is 0 Å². The summed E-state index contributed by atoms with van der Waals surface area (Å²) in [5, 5.41) is 5.04. The monoisotopic (exact) mass is 493 g/mol. The highest BCUT2D eigenvalue weighted by molar-refractivity contribution is 5.71. The van der Waals surface area contributed by atoms with Crippen molar-refractivity contribution < 1.29 is 23.7 Å². The molecule has 2 aromatic carbocycles. The minimum absolute atomic E-state index is 0.228. The lowest BCUT2D eigenvalue weighted by molar-refractivity contribution is 0.0204. The highest BCUT2D eigenvalue weighted by Gasteiger charge is 2.29. The molecule has 0 aliphatic carbocycles. The van der Waals surface area contributed by atoms with Crippen molar-refractivity contribution in [3.05, 3.63) is 54.2 Å². The Labute approximate surface area is 212 Å². The Morgan fingerprint density at radius 3 is 2.11 bits per heavy atom. The molecule has 192 valence electrons. The molecule has 0 N–H and O–H groups in total. The van der Waals surface area contributed by atoms with E-state index in [-0.39, 0.29) is 12.0 Å². The summed E-state index contributed by atoms with van der Waals surface area (Å²) in [4.78, 5) is 14.3. The van der Waals surface area contributed by atoms with Gasteiger partial charge in [0.15, 0.2) is 0 Å². The first-order valence-corrected chi connectivity index (χ1v) is 12.2. The Bertz CT molecular complexity index is 1190. The summed E-state index contributed by atoms with van der Waals surface area (Å²) in [6, 6.07) is 15.7. The lowest BCUT2D eigenvalue weighted by atomic mass is 9.93. The second kappa shape index (κ2) is 10.5. The molecule has 0 radical (unpaired) electrons. The molecule has 8 nitrogen and oxygen atoms in total. The van der Waals surface area contributed by atoms with Gasteiger partial charge in [0, 0.05) is 30.6 Å². The molecule has 0 spiro atoms. The molecule has 1 saturated heterocycles. The van der Waals surface area contributed by atoms with Crippen molar-refractivity contribution in [2.75, 3.05) is 34.4 Å². The van der Waals surface area contributed by atoms with E-state index in [4.69, 9.17) is 24.0 Å². The number of nitrogens with zero attached hydrogens (tertiary/aromatic N) is 3. The summed E-state index contributed by atoms with van der Waals surface area (Å²) >= 11 is 0. The largest absolute Gasteiger partial charge is 0.497 e. The van der Waals surface area contributed by atoms with E-state index in [2.05, 4.69) is 6.07 Å². The van der Waals surface area contributed by atoms with Gasteiger partial charge in [0.1, 0.15) is 22.8 Å². The average molecular weight is 494 g/mol. The highest BCUT2D eigenvalue weighted by atomic mass is 16.6. The van der Waals surface area contributed by atoms with E-state index in [0.29, 0.717) is 18.8 Å². The van der Waals surface area contributed by atoms with E-state index in [0.717, 1.165) is 47.0 Å². The lowest BCUT2D eigenvalue weighted by Gasteiger charge is -2.32. The normalized spacial score (nSPS) is 14.4. The third-order valence-electron chi connectivity index (χ3n) is 6.29. The predicted molar refractivity (Wildman–Crippen MR) is 138 cm³/mol. The van der Waals surface area contributed by atoms with Crippen LogP contribution in [0.15, 0.2) is 48.5 Å². The van der Waals surface area contributed by atoms with Crippen LogP contribution >= 0.6 is 0 Å². The van der Waals surface area contributed by atoms with Crippen molar-refractivity contribution in [1.29, 1.82) is 0 Å². The number of carbonyl (C=O) groups excluding carboxylic acids is 1. The Kier molecular flexibility index (Phi) is 7.43. The van der Waals surface area contributed by atoms with Crippen LogP contribution in [0.2, 0.25) is 0 Å². The van der Waals surface area contributed by atoms with E-state index >= 15 is 0 Å². The fourth-order valence-corrected chi connectivity index (χ4v) is 4.41. The Hall–Kier alpha value is -3.68. The maximum absolute atomic E-state index is 12.5. The van der Waals surface area contributed by atoms with E-state index in [1.807, 2.05) is 67.9 Å². The number of ether oxygens (including phenoxy) is 4. The van der Waals surface area contributed by atoms with Crippen molar-refractivity contribution in [2.24, 2.45) is 0 Å². The van der Waals surface area contributed by atoms with Gasteiger partial charge in [-0.25, -0.2) is 9.48 Å². The first-order chi connectivity index (χ1) is 17.2. The van der Waals surface area contributed by atoms with Crippen LogP contribution in [0.25, 0.3) is 16.9 Å². The van der Waals surface area contributed by atoms with Crippen molar-refractivity contribution in [3.63, 3.8) is 0 Å². The lowest BCUT2D eigenvalue weighted by Crippen LogP contribution is -2.41. The molecule has 8 heteroatoms. The first-order valence-electron chi connectivity index (χ1n) is 12.2. The van der Waals surface area contributed by atoms with Gasteiger partial charge in [-0.15, -0.1) is 0 Å². The molecule has 1 aromatic heterocycles. The van der Waals surface area contributed by atoms with Crippen LogP contribution < -0.4 is 14.2 Å². The first kappa shape index (κ1) is 25.4. The molecule has 3 aromatic rings. The zero-order valence-electron chi connectivity index (χ0n) is 21.9. The number of amides is 1. The molecule has 1 aliphatic rings. The third-order valence-corrected chi connectivity index (χ3v) is 6.29. The minimum atomic E-state index is -0.503. The summed E-state index contributed by atoms with van der Waals surface area (Å²) < 4.78 is 23.9. The second-order valence-corrected chi connectivity index (χ2v) is 9.87. The van der Waals surface area contributed by atoms with Gasteiger partial charge in [-0.05, 0) is 76.1 Å². The average Bonchev–Trinajstić information content (AvgIpc) is 3.32. The SMILES string of the molecule is COc1ccc(-n2nc(C3CCN(C(=O)OC(C)(C)C)CC3)cc2-c2ccc(OC)cc2OC)cc1. The maximum Gasteiger partial charge on any atom is 0.410 e. The number of hydrogen-bond acceptors (Lipinski definition) is 6. The van der Waals surface area contributed by atoms with Crippen LogP contribution in [-0.2, 0) is 4.74 Å². The second-order valence-electron chi connectivity index (χ2n) is 9.87.